The standard InChI is InChI=1S/C15H23NO/c1-11-5-6-12(14(2,3)4)7-13(11)15(8-16)9-17-10-15/h5-7H,8-10,16H2,1-4H3. The van der Waals surface area contributed by atoms with Crippen LogP contribution in [0.1, 0.15) is 37.5 Å². The molecular formula is C15H23NO. The highest BCUT2D eigenvalue weighted by atomic mass is 16.5. The summed E-state index contributed by atoms with van der Waals surface area (Å²) in [6, 6.07) is 6.76. The molecule has 1 aromatic carbocycles. The number of benzene rings is 1. The number of hydrogen-bond donors (Lipinski definition) is 1. The van der Waals surface area contributed by atoms with Gasteiger partial charge in [-0.15, -0.1) is 0 Å². The first-order valence-corrected chi connectivity index (χ1v) is 6.28. The van der Waals surface area contributed by atoms with E-state index in [4.69, 9.17) is 10.5 Å². The first-order valence-electron chi connectivity index (χ1n) is 6.28. The molecule has 0 bridgehead atoms. The summed E-state index contributed by atoms with van der Waals surface area (Å²) in [6.07, 6.45) is 0. The lowest BCUT2D eigenvalue weighted by Gasteiger charge is -2.42. The molecule has 2 heteroatoms. The van der Waals surface area contributed by atoms with Crippen molar-refractivity contribution in [2.45, 2.75) is 38.5 Å². The Morgan fingerprint density at radius 2 is 1.94 bits per heavy atom. The number of hydrogen-bond acceptors (Lipinski definition) is 2. The molecule has 0 aromatic heterocycles. The predicted octanol–water partition coefficient (Wildman–Crippen LogP) is 2.52. The molecule has 1 aromatic rings. The normalized spacial score (nSPS) is 18.9. The van der Waals surface area contributed by atoms with Gasteiger partial charge in [-0.25, -0.2) is 0 Å². The zero-order valence-corrected chi connectivity index (χ0v) is 11.3. The third-order valence-electron chi connectivity index (χ3n) is 3.82. The second-order valence-corrected chi connectivity index (χ2v) is 6.26. The van der Waals surface area contributed by atoms with Crippen LogP contribution in [0.15, 0.2) is 18.2 Å². The fourth-order valence-corrected chi connectivity index (χ4v) is 2.39. The molecular weight excluding hydrogens is 210 g/mol. The van der Waals surface area contributed by atoms with Crippen LogP contribution in [0.2, 0.25) is 0 Å². The van der Waals surface area contributed by atoms with E-state index in [-0.39, 0.29) is 10.8 Å². The molecule has 0 saturated carbocycles. The Hall–Kier alpha value is -0.860. The summed E-state index contributed by atoms with van der Waals surface area (Å²) in [7, 11) is 0. The fraction of sp³-hybridized carbons (Fsp3) is 0.600. The van der Waals surface area contributed by atoms with Crippen LogP contribution in [0.3, 0.4) is 0 Å². The van der Waals surface area contributed by atoms with Crippen molar-refractivity contribution in [2.24, 2.45) is 5.73 Å². The quantitative estimate of drug-likeness (QED) is 0.852. The fourth-order valence-electron chi connectivity index (χ4n) is 2.39. The van der Waals surface area contributed by atoms with Crippen LogP contribution >= 0.6 is 0 Å². The van der Waals surface area contributed by atoms with Crippen LogP contribution < -0.4 is 5.73 Å². The van der Waals surface area contributed by atoms with E-state index in [1.807, 2.05) is 0 Å². The van der Waals surface area contributed by atoms with Crippen molar-refractivity contribution in [1.29, 1.82) is 0 Å². The van der Waals surface area contributed by atoms with Gasteiger partial charge in [0.2, 0.25) is 0 Å². The van der Waals surface area contributed by atoms with Crippen LogP contribution in [0.4, 0.5) is 0 Å². The molecule has 0 amide bonds. The smallest absolute Gasteiger partial charge is 0.0598 e. The third kappa shape index (κ3) is 2.12. The molecule has 0 spiro atoms. The minimum absolute atomic E-state index is 0.0609. The van der Waals surface area contributed by atoms with Crippen molar-refractivity contribution in [3.63, 3.8) is 0 Å². The second-order valence-electron chi connectivity index (χ2n) is 6.26. The Morgan fingerprint density at radius 3 is 2.35 bits per heavy atom. The van der Waals surface area contributed by atoms with Crippen molar-refractivity contribution in [3.8, 4) is 0 Å². The van der Waals surface area contributed by atoms with Gasteiger partial charge in [0.1, 0.15) is 0 Å². The molecule has 1 saturated heterocycles. The molecule has 2 rings (SSSR count). The van der Waals surface area contributed by atoms with Gasteiger partial charge in [-0.2, -0.15) is 0 Å². The average molecular weight is 233 g/mol. The molecule has 1 heterocycles. The average Bonchev–Trinajstić information content (AvgIpc) is 2.18. The SMILES string of the molecule is Cc1ccc(C(C)(C)C)cc1C1(CN)COC1. The number of rotatable bonds is 2. The lowest BCUT2D eigenvalue weighted by Crippen LogP contribution is -2.52. The van der Waals surface area contributed by atoms with E-state index < -0.39 is 0 Å². The van der Waals surface area contributed by atoms with Crippen LogP contribution in [0, 0.1) is 6.92 Å². The van der Waals surface area contributed by atoms with Crippen LogP contribution in [-0.4, -0.2) is 19.8 Å². The van der Waals surface area contributed by atoms with E-state index in [2.05, 4.69) is 45.9 Å². The maximum Gasteiger partial charge on any atom is 0.0598 e. The lowest BCUT2D eigenvalue weighted by molar-refractivity contribution is -0.0553. The molecule has 2 N–H and O–H groups in total. The monoisotopic (exact) mass is 233 g/mol. The number of ether oxygens (including phenoxy) is 1. The van der Waals surface area contributed by atoms with Crippen LogP contribution in [0.25, 0.3) is 0 Å². The molecule has 1 aliphatic rings. The summed E-state index contributed by atoms with van der Waals surface area (Å²) in [5.41, 5.74) is 10.3. The Morgan fingerprint density at radius 1 is 1.29 bits per heavy atom. The van der Waals surface area contributed by atoms with Gasteiger partial charge in [-0.1, -0.05) is 39.0 Å². The second kappa shape index (κ2) is 4.11. The van der Waals surface area contributed by atoms with Gasteiger partial charge in [0.05, 0.1) is 18.6 Å². The minimum atomic E-state index is 0.0609. The van der Waals surface area contributed by atoms with Gasteiger partial charge in [-0.05, 0) is 29.0 Å². The number of nitrogens with two attached hydrogens (primary N) is 1. The van der Waals surface area contributed by atoms with Crippen LogP contribution in [-0.2, 0) is 15.6 Å². The van der Waals surface area contributed by atoms with Gasteiger partial charge >= 0.3 is 0 Å². The molecule has 2 nitrogen and oxygen atoms in total. The highest BCUT2D eigenvalue weighted by molar-refractivity contribution is 5.41. The molecule has 0 aliphatic carbocycles. The summed E-state index contributed by atoms with van der Waals surface area (Å²) in [5, 5.41) is 0. The Bertz CT molecular complexity index is 408. The first-order chi connectivity index (χ1) is 7.89. The maximum atomic E-state index is 5.95. The highest BCUT2D eigenvalue weighted by Gasteiger charge is 2.40. The van der Waals surface area contributed by atoms with Crippen molar-refractivity contribution < 1.29 is 4.74 Å². The summed E-state index contributed by atoms with van der Waals surface area (Å²) >= 11 is 0. The molecule has 1 aliphatic heterocycles. The molecule has 94 valence electrons. The topological polar surface area (TPSA) is 35.2 Å². The summed E-state index contributed by atoms with van der Waals surface area (Å²) in [4.78, 5) is 0. The molecule has 17 heavy (non-hydrogen) atoms. The Balaban J connectivity index is 2.46. The van der Waals surface area contributed by atoms with E-state index in [0.717, 1.165) is 13.2 Å². The van der Waals surface area contributed by atoms with Crippen molar-refractivity contribution in [2.75, 3.05) is 19.8 Å². The summed E-state index contributed by atoms with van der Waals surface area (Å²) < 4.78 is 5.38. The molecule has 0 radical (unpaired) electrons. The zero-order valence-electron chi connectivity index (χ0n) is 11.3. The minimum Gasteiger partial charge on any atom is -0.379 e. The van der Waals surface area contributed by atoms with E-state index >= 15 is 0 Å². The van der Waals surface area contributed by atoms with E-state index in [0.29, 0.717) is 6.54 Å². The predicted molar refractivity (Wildman–Crippen MR) is 71.4 cm³/mol. The van der Waals surface area contributed by atoms with Gasteiger partial charge < -0.3 is 10.5 Å². The van der Waals surface area contributed by atoms with Crippen LogP contribution in [0.5, 0.6) is 0 Å². The Kier molecular flexibility index (Phi) is 3.04. The van der Waals surface area contributed by atoms with Gasteiger partial charge in [0, 0.05) is 6.54 Å². The van der Waals surface area contributed by atoms with Gasteiger partial charge in [-0.3, -0.25) is 0 Å². The largest absolute Gasteiger partial charge is 0.379 e. The van der Waals surface area contributed by atoms with Crippen molar-refractivity contribution in [3.05, 3.63) is 34.9 Å². The Labute approximate surface area is 104 Å². The van der Waals surface area contributed by atoms with E-state index in [9.17, 15) is 0 Å². The maximum absolute atomic E-state index is 5.95. The zero-order chi connectivity index (χ0) is 12.7. The van der Waals surface area contributed by atoms with Crippen molar-refractivity contribution >= 4 is 0 Å². The number of aryl methyl sites for hydroxylation is 1. The highest BCUT2D eigenvalue weighted by Crippen LogP contribution is 2.36. The first kappa shape index (κ1) is 12.6. The van der Waals surface area contributed by atoms with Gasteiger partial charge in [0.15, 0.2) is 0 Å². The summed E-state index contributed by atoms with van der Waals surface area (Å²) in [6.45, 7) is 11.1. The molecule has 1 fully saturated rings. The van der Waals surface area contributed by atoms with E-state index in [1.165, 1.54) is 16.7 Å². The van der Waals surface area contributed by atoms with E-state index in [1.54, 1.807) is 0 Å². The lowest BCUT2D eigenvalue weighted by atomic mass is 9.74. The summed E-state index contributed by atoms with van der Waals surface area (Å²) in [5.74, 6) is 0. The van der Waals surface area contributed by atoms with Gasteiger partial charge in [0.25, 0.3) is 0 Å². The molecule has 0 unspecified atom stereocenters. The molecule has 0 atom stereocenters. The van der Waals surface area contributed by atoms with Crippen molar-refractivity contribution in [1.82, 2.24) is 0 Å². The third-order valence-corrected chi connectivity index (χ3v) is 3.82.